The minimum Gasteiger partial charge on any atom is -0.489 e. The number of nitrogens with one attached hydrogen (secondary N) is 2. The monoisotopic (exact) mass is 385 g/mol. The molecule has 0 aliphatic carbocycles. The largest absolute Gasteiger partial charge is 0.489 e. The first-order valence-electron chi connectivity index (χ1n) is 8.79. The van der Waals surface area contributed by atoms with Gasteiger partial charge in [-0.15, -0.1) is 0 Å². The van der Waals surface area contributed by atoms with Crippen molar-refractivity contribution in [3.05, 3.63) is 59.9 Å². The third-order valence-electron chi connectivity index (χ3n) is 4.41. The minimum atomic E-state index is -0.998. The molecule has 146 valence electrons. The van der Waals surface area contributed by atoms with Crippen molar-refractivity contribution in [3.63, 3.8) is 0 Å². The standard InChI is InChI=1S/C20H20FN3O4/c1-24-16-8-4-5-9-17(16)28-12-15(20(24)27)23-19(26)18(25)22-11-10-13-6-2-3-7-14(13)21/h2-9,15H,10-12H2,1H3,(H,22,25)(H,23,26)/t15-/m0/s1. The van der Waals surface area contributed by atoms with Gasteiger partial charge in [-0.1, -0.05) is 30.3 Å². The summed E-state index contributed by atoms with van der Waals surface area (Å²) in [5.74, 6) is -2.09. The maximum atomic E-state index is 13.6. The molecule has 0 saturated carbocycles. The summed E-state index contributed by atoms with van der Waals surface area (Å²) in [6.07, 6.45) is 0.245. The van der Waals surface area contributed by atoms with Crippen molar-refractivity contribution in [2.24, 2.45) is 0 Å². The van der Waals surface area contributed by atoms with Gasteiger partial charge in [-0.05, 0) is 30.2 Å². The summed E-state index contributed by atoms with van der Waals surface area (Å²) in [7, 11) is 1.57. The number of nitrogens with zero attached hydrogens (tertiary/aromatic N) is 1. The number of benzene rings is 2. The van der Waals surface area contributed by atoms with E-state index in [0.717, 1.165) is 0 Å². The second-order valence-corrected chi connectivity index (χ2v) is 6.30. The summed E-state index contributed by atoms with van der Waals surface area (Å²) in [6.45, 7) is 0.00206. The highest BCUT2D eigenvalue weighted by molar-refractivity contribution is 6.35. The molecule has 0 bridgehead atoms. The van der Waals surface area contributed by atoms with E-state index in [4.69, 9.17) is 4.74 Å². The van der Waals surface area contributed by atoms with Crippen molar-refractivity contribution in [2.45, 2.75) is 12.5 Å². The van der Waals surface area contributed by atoms with E-state index in [1.807, 2.05) is 0 Å². The Balaban J connectivity index is 1.54. The Hall–Kier alpha value is -3.42. The molecule has 2 aromatic carbocycles. The van der Waals surface area contributed by atoms with Gasteiger partial charge >= 0.3 is 11.8 Å². The molecule has 0 saturated heterocycles. The van der Waals surface area contributed by atoms with Gasteiger partial charge in [0.1, 0.15) is 24.2 Å². The van der Waals surface area contributed by atoms with Crippen LogP contribution in [0.1, 0.15) is 5.56 Å². The van der Waals surface area contributed by atoms with Crippen molar-refractivity contribution in [3.8, 4) is 5.75 Å². The van der Waals surface area contributed by atoms with Crippen molar-refractivity contribution in [1.82, 2.24) is 10.6 Å². The highest BCUT2D eigenvalue weighted by Gasteiger charge is 2.31. The topological polar surface area (TPSA) is 87.7 Å². The van der Waals surface area contributed by atoms with Crippen LogP contribution in [0.5, 0.6) is 5.75 Å². The molecule has 1 heterocycles. The molecule has 3 rings (SSSR count). The molecule has 3 amide bonds. The Morgan fingerprint density at radius 2 is 1.86 bits per heavy atom. The molecule has 1 aliphatic heterocycles. The summed E-state index contributed by atoms with van der Waals surface area (Å²) in [6, 6.07) is 12.2. The number of para-hydroxylation sites is 2. The Morgan fingerprint density at radius 3 is 2.64 bits per heavy atom. The van der Waals surface area contributed by atoms with Crippen LogP contribution in [-0.2, 0) is 20.8 Å². The van der Waals surface area contributed by atoms with Crippen LogP contribution >= 0.6 is 0 Å². The maximum absolute atomic E-state index is 13.6. The van der Waals surface area contributed by atoms with E-state index in [1.165, 1.54) is 11.0 Å². The summed E-state index contributed by atoms with van der Waals surface area (Å²) in [4.78, 5) is 38.1. The molecule has 7 nitrogen and oxygen atoms in total. The van der Waals surface area contributed by atoms with Gasteiger partial charge in [0.15, 0.2) is 0 Å². The first-order chi connectivity index (χ1) is 13.5. The summed E-state index contributed by atoms with van der Waals surface area (Å²) < 4.78 is 19.1. The van der Waals surface area contributed by atoms with Gasteiger partial charge in [0, 0.05) is 13.6 Å². The average molecular weight is 385 g/mol. The van der Waals surface area contributed by atoms with Gasteiger partial charge < -0.3 is 20.3 Å². The normalized spacial score (nSPS) is 15.9. The van der Waals surface area contributed by atoms with Crippen LogP contribution in [0.4, 0.5) is 10.1 Å². The molecular formula is C20H20FN3O4. The van der Waals surface area contributed by atoms with E-state index in [1.54, 1.807) is 49.5 Å². The number of anilines is 1. The first kappa shape index (κ1) is 19.3. The molecule has 0 spiro atoms. The highest BCUT2D eigenvalue weighted by Crippen LogP contribution is 2.29. The molecule has 1 aliphatic rings. The van der Waals surface area contributed by atoms with E-state index in [2.05, 4.69) is 10.6 Å². The number of hydrogen-bond donors (Lipinski definition) is 2. The average Bonchev–Trinajstić information content (AvgIpc) is 2.81. The minimum absolute atomic E-state index is 0.0889. The Morgan fingerprint density at radius 1 is 1.14 bits per heavy atom. The lowest BCUT2D eigenvalue weighted by atomic mass is 10.1. The lowest BCUT2D eigenvalue weighted by Gasteiger charge is -2.20. The zero-order valence-corrected chi connectivity index (χ0v) is 15.3. The number of carbonyl (C=O) groups excluding carboxylic acids is 3. The van der Waals surface area contributed by atoms with Crippen molar-refractivity contribution < 1.29 is 23.5 Å². The van der Waals surface area contributed by atoms with Crippen LogP contribution in [-0.4, -0.2) is 44.0 Å². The van der Waals surface area contributed by atoms with Gasteiger partial charge in [-0.25, -0.2) is 4.39 Å². The van der Waals surface area contributed by atoms with E-state index < -0.39 is 23.8 Å². The first-order valence-corrected chi connectivity index (χ1v) is 8.79. The summed E-state index contributed by atoms with van der Waals surface area (Å²) in [5.41, 5.74) is 1.02. The zero-order valence-electron chi connectivity index (χ0n) is 15.3. The molecule has 0 aromatic heterocycles. The molecule has 0 unspecified atom stereocenters. The fraction of sp³-hybridized carbons (Fsp3) is 0.250. The second kappa shape index (κ2) is 8.51. The predicted molar refractivity (Wildman–Crippen MR) is 100 cm³/mol. The van der Waals surface area contributed by atoms with Crippen LogP contribution < -0.4 is 20.3 Å². The summed E-state index contributed by atoms with van der Waals surface area (Å²) >= 11 is 0. The number of amides is 3. The lowest BCUT2D eigenvalue weighted by Crippen LogP contribution is -2.53. The Bertz CT molecular complexity index is 903. The number of hydrogen-bond acceptors (Lipinski definition) is 4. The molecule has 0 fully saturated rings. The SMILES string of the molecule is CN1C(=O)[C@@H](NC(=O)C(=O)NCCc2ccccc2F)COc2ccccc21. The number of fused-ring (bicyclic) bond motifs is 1. The van der Waals surface area contributed by atoms with Crippen LogP contribution in [0.25, 0.3) is 0 Å². The molecule has 28 heavy (non-hydrogen) atoms. The van der Waals surface area contributed by atoms with Crippen molar-refractivity contribution in [2.75, 3.05) is 25.1 Å². The number of carbonyl (C=O) groups is 3. The van der Waals surface area contributed by atoms with E-state index >= 15 is 0 Å². The number of halogens is 1. The van der Waals surface area contributed by atoms with Gasteiger partial charge in [0.2, 0.25) is 0 Å². The van der Waals surface area contributed by atoms with Crippen LogP contribution in [0, 0.1) is 5.82 Å². The van der Waals surface area contributed by atoms with Crippen LogP contribution in [0.3, 0.4) is 0 Å². The molecule has 2 N–H and O–H groups in total. The molecule has 0 radical (unpaired) electrons. The van der Waals surface area contributed by atoms with Crippen molar-refractivity contribution >= 4 is 23.4 Å². The second-order valence-electron chi connectivity index (χ2n) is 6.30. The van der Waals surface area contributed by atoms with Gasteiger partial charge in [0.05, 0.1) is 5.69 Å². The highest BCUT2D eigenvalue weighted by atomic mass is 19.1. The van der Waals surface area contributed by atoms with Gasteiger partial charge in [-0.3, -0.25) is 14.4 Å². The van der Waals surface area contributed by atoms with Gasteiger partial charge in [0.25, 0.3) is 5.91 Å². The zero-order chi connectivity index (χ0) is 20.1. The summed E-state index contributed by atoms with van der Waals surface area (Å²) in [5, 5.41) is 4.82. The van der Waals surface area contributed by atoms with Crippen LogP contribution in [0.15, 0.2) is 48.5 Å². The Kier molecular flexibility index (Phi) is 5.88. The molecule has 8 heteroatoms. The van der Waals surface area contributed by atoms with Gasteiger partial charge in [-0.2, -0.15) is 0 Å². The molecular weight excluding hydrogens is 365 g/mol. The third-order valence-corrected chi connectivity index (χ3v) is 4.41. The smallest absolute Gasteiger partial charge is 0.310 e. The van der Waals surface area contributed by atoms with Crippen molar-refractivity contribution in [1.29, 1.82) is 0 Å². The predicted octanol–water partition coefficient (Wildman–Crippen LogP) is 1.02. The van der Waals surface area contributed by atoms with E-state index in [0.29, 0.717) is 17.0 Å². The fourth-order valence-electron chi connectivity index (χ4n) is 2.87. The number of likely N-dealkylation sites (N-methyl/N-ethyl adjacent to an activating group) is 1. The quantitative estimate of drug-likeness (QED) is 0.770. The number of ether oxygens (including phenoxy) is 1. The Labute approximate surface area is 161 Å². The molecule has 2 aromatic rings. The fourth-order valence-corrected chi connectivity index (χ4v) is 2.87. The third kappa shape index (κ3) is 4.28. The maximum Gasteiger partial charge on any atom is 0.310 e. The van der Waals surface area contributed by atoms with Crippen LogP contribution in [0.2, 0.25) is 0 Å². The number of rotatable bonds is 4. The van der Waals surface area contributed by atoms with E-state index in [9.17, 15) is 18.8 Å². The molecule has 1 atom stereocenters. The van der Waals surface area contributed by atoms with E-state index in [-0.39, 0.29) is 25.4 Å². The lowest BCUT2D eigenvalue weighted by molar-refractivity contribution is -0.140.